The van der Waals surface area contributed by atoms with E-state index >= 15 is 0 Å². The van der Waals surface area contributed by atoms with Gasteiger partial charge in [0.05, 0.1) is 5.69 Å². The van der Waals surface area contributed by atoms with Crippen LogP contribution in [0.1, 0.15) is 10.5 Å². The summed E-state index contributed by atoms with van der Waals surface area (Å²) in [5.41, 5.74) is 7.46. The van der Waals surface area contributed by atoms with Crippen molar-refractivity contribution in [3.05, 3.63) is 42.2 Å². The monoisotopic (exact) mass is 277 g/mol. The van der Waals surface area contributed by atoms with Crippen LogP contribution < -0.4 is 5.73 Å². The molecule has 0 aliphatic carbocycles. The van der Waals surface area contributed by atoms with Crippen molar-refractivity contribution in [1.82, 2.24) is 9.78 Å². The van der Waals surface area contributed by atoms with Crippen LogP contribution in [-0.4, -0.2) is 34.4 Å². The Labute approximate surface area is 115 Å². The number of carbonyl (C=O) groups excluding carboxylic acids is 1. The molecule has 100 valence electrons. The van der Waals surface area contributed by atoms with Crippen LogP contribution in [0.15, 0.2) is 36.5 Å². The fourth-order valence-corrected chi connectivity index (χ4v) is 1.75. The van der Waals surface area contributed by atoms with Gasteiger partial charge in [-0.15, -0.1) is 0 Å². The Morgan fingerprint density at radius 2 is 2.11 bits per heavy atom. The molecule has 0 radical (unpaired) electrons. The Morgan fingerprint density at radius 3 is 2.79 bits per heavy atom. The Bertz CT molecular complexity index is 551. The molecule has 0 fully saturated rings. The van der Waals surface area contributed by atoms with Crippen molar-refractivity contribution in [1.29, 1.82) is 0 Å². The second-order valence-electron chi connectivity index (χ2n) is 3.87. The second-order valence-corrected chi connectivity index (χ2v) is 4.85. The van der Waals surface area contributed by atoms with Crippen molar-refractivity contribution in [2.24, 2.45) is 0 Å². The fourth-order valence-electron chi connectivity index (χ4n) is 1.50. The molecular formula is C13H15N3O2S. The molecule has 2 aromatic rings. The number of esters is 1. The summed E-state index contributed by atoms with van der Waals surface area (Å²) in [5, 5.41) is 4.18. The molecule has 0 aliphatic heterocycles. The third kappa shape index (κ3) is 3.51. The first-order valence-electron chi connectivity index (χ1n) is 5.78. The van der Waals surface area contributed by atoms with E-state index in [0.717, 1.165) is 11.4 Å². The molecule has 1 aromatic carbocycles. The van der Waals surface area contributed by atoms with Gasteiger partial charge < -0.3 is 10.5 Å². The number of aromatic nitrogens is 2. The van der Waals surface area contributed by atoms with Crippen LogP contribution in [-0.2, 0) is 4.74 Å². The summed E-state index contributed by atoms with van der Waals surface area (Å²) in [6.45, 7) is 0.398. The molecule has 0 spiro atoms. The normalized spacial score (nSPS) is 10.4. The van der Waals surface area contributed by atoms with Gasteiger partial charge in [0.1, 0.15) is 6.61 Å². The highest BCUT2D eigenvalue weighted by molar-refractivity contribution is 7.98. The zero-order valence-electron chi connectivity index (χ0n) is 10.6. The molecule has 0 aliphatic rings. The summed E-state index contributed by atoms with van der Waals surface area (Å²) in [5.74, 6) is 0.382. The maximum Gasteiger partial charge on any atom is 0.358 e. The summed E-state index contributed by atoms with van der Waals surface area (Å²) >= 11 is 1.63. The average Bonchev–Trinajstić information content (AvgIpc) is 2.89. The van der Waals surface area contributed by atoms with E-state index in [-0.39, 0.29) is 0 Å². The molecule has 5 nitrogen and oxygen atoms in total. The predicted octanol–water partition coefficient (Wildman–Crippen LogP) is 1.97. The molecule has 2 N–H and O–H groups in total. The topological polar surface area (TPSA) is 70.1 Å². The number of nitrogens with zero attached hydrogens (tertiary/aromatic N) is 2. The first kappa shape index (κ1) is 13.5. The van der Waals surface area contributed by atoms with Crippen LogP contribution in [0.2, 0.25) is 0 Å². The lowest BCUT2D eigenvalue weighted by Crippen LogP contribution is -2.09. The van der Waals surface area contributed by atoms with Gasteiger partial charge in [0, 0.05) is 17.6 Å². The van der Waals surface area contributed by atoms with Crippen molar-refractivity contribution >= 4 is 23.4 Å². The molecular weight excluding hydrogens is 262 g/mol. The molecule has 2 rings (SSSR count). The van der Waals surface area contributed by atoms with E-state index in [1.165, 1.54) is 0 Å². The van der Waals surface area contributed by atoms with Gasteiger partial charge in [0.2, 0.25) is 0 Å². The lowest BCUT2D eigenvalue weighted by Gasteiger charge is -2.02. The first-order valence-corrected chi connectivity index (χ1v) is 7.18. The zero-order valence-corrected chi connectivity index (χ0v) is 11.4. The molecule has 6 heteroatoms. The maximum absolute atomic E-state index is 11.7. The molecule has 0 amide bonds. The summed E-state index contributed by atoms with van der Waals surface area (Å²) in [6.07, 6.45) is 3.68. The van der Waals surface area contributed by atoms with Crippen molar-refractivity contribution in [3.63, 3.8) is 0 Å². The van der Waals surface area contributed by atoms with Crippen LogP contribution in [0, 0.1) is 0 Å². The van der Waals surface area contributed by atoms with Gasteiger partial charge in [-0.2, -0.15) is 16.9 Å². The summed E-state index contributed by atoms with van der Waals surface area (Å²) in [7, 11) is 0. The number of nitrogens with two attached hydrogens (primary N) is 1. The SMILES string of the molecule is CSCCOC(=O)c1ccn(-c2ccc(N)cc2)n1. The Hall–Kier alpha value is -1.95. The number of nitrogen functional groups attached to an aromatic ring is 1. The lowest BCUT2D eigenvalue weighted by molar-refractivity contribution is 0.0523. The average molecular weight is 277 g/mol. The van der Waals surface area contributed by atoms with E-state index in [1.807, 2.05) is 18.4 Å². The maximum atomic E-state index is 11.7. The fraction of sp³-hybridized carbons (Fsp3) is 0.231. The molecule has 19 heavy (non-hydrogen) atoms. The van der Waals surface area contributed by atoms with Crippen molar-refractivity contribution in [3.8, 4) is 5.69 Å². The van der Waals surface area contributed by atoms with Crippen molar-refractivity contribution < 1.29 is 9.53 Å². The standard InChI is InChI=1S/C13H15N3O2S/c1-19-9-8-18-13(17)12-6-7-16(15-12)11-4-2-10(14)3-5-11/h2-7H,8-9,14H2,1H3. The summed E-state index contributed by atoms with van der Waals surface area (Å²) in [4.78, 5) is 11.7. The Kier molecular flexibility index (Phi) is 4.46. The second kappa shape index (κ2) is 6.29. The summed E-state index contributed by atoms with van der Waals surface area (Å²) < 4.78 is 6.70. The predicted molar refractivity (Wildman–Crippen MR) is 76.6 cm³/mol. The largest absolute Gasteiger partial charge is 0.460 e. The third-order valence-corrected chi connectivity index (χ3v) is 3.05. The van der Waals surface area contributed by atoms with Crippen LogP contribution in [0.4, 0.5) is 5.69 Å². The highest BCUT2D eigenvalue weighted by Gasteiger charge is 2.11. The van der Waals surface area contributed by atoms with Gasteiger partial charge in [0.25, 0.3) is 0 Å². The van der Waals surface area contributed by atoms with Gasteiger partial charge in [-0.1, -0.05) is 0 Å². The van der Waals surface area contributed by atoms with E-state index in [4.69, 9.17) is 10.5 Å². The van der Waals surface area contributed by atoms with E-state index in [9.17, 15) is 4.79 Å². The van der Waals surface area contributed by atoms with E-state index in [1.54, 1.807) is 40.8 Å². The molecule has 1 aromatic heterocycles. The number of rotatable bonds is 5. The smallest absolute Gasteiger partial charge is 0.358 e. The number of carbonyl (C=O) groups is 1. The molecule has 0 saturated carbocycles. The van der Waals surface area contributed by atoms with Gasteiger partial charge in [0.15, 0.2) is 5.69 Å². The highest BCUT2D eigenvalue weighted by Crippen LogP contribution is 2.11. The number of benzene rings is 1. The highest BCUT2D eigenvalue weighted by atomic mass is 32.2. The number of hydrogen-bond donors (Lipinski definition) is 1. The number of ether oxygens (including phenoxy) is 1. The van der Waals surface area contributed by atoms with E-state index in [2.05, 4.69) is 5.10 Å². The minimum absolute atomic E-state index is 0.304. The minimum Gasteiger partial charge on any atom is -0.460 e. The van der Waals surface area contributed by atoms with Crippen LogP contribution in [0.25, 0.3) is 5.69 Å². The Balaban J connectivity index is 2.06. The van der Waals surface area contributed by atoms with Crippen LogP contribution in [0.3, 0.4) is 0 Å². The minimum atomic E-state index is -0.400. The van der Waals surface area contributed by atoms with Crippen molar-refractivity contribution in [2.45, 2.75) is 0 Å². The Morgan fingerprint density at radius 1 is 1.37 bits per heavy atom. The van der Waals surface area contributed by atoms with Gasteiger partial charge >= 0.3 is 5.97 Å². The van der Waals surface area contributed by atoms with Gasteiger partial charge in [-0.3, -0.25) is 0 Å². The molecule has 0 saturated heterocycles. The van der Waals surface area contributed by atoms with E-state index < -0.39 is 5.97 Å². The molecule has 0 bridgehead atoms. The molecule has 1 heterocycles. The molecule has 0 unspecified atom stereocenters. The quantitative estimate of drug-likeness (QED) is 0.514. The number of anilines is 1. The summed E-state index contributed by atoms with van der Waals surface area (Å²) in [6, 6.07) is 8.88. The number of hydrogen-bond acceptors (Lipinski definition) is 5. The number of thioether (sulfide) groups is 1. The van der Waals surface area contributed by atoms with E-state index in [0.29, 0.717) is 18.0 Å². The lowest BCUT2D eigenvalue weighted by atomic mass is 10.3. The first-order chi connectivity index (χ1) is 9.20. The third-order valence-electron chi connectivity index (χ3n) is 2.48. The zero-order chi connectivity index (χ0) is 13.7. The van der Waals surface area contributed by atoms with Crippen molar-refractivity contribution in [2.75, 3.05) is 24.3 Å². The van der Waals surface area contributed by atoms with Crippen LogP contribution >= 0.6 is 11.8 Å². The van der Waals surface area contributed by atoms with Gasteiger partial charge in [-0.25, -0.2) is 9.48 Å². The van der Waals surface area contributed by atoms with Gasteiger partial charge in [-0.05, 0) is 36.6 Å². The molecule has 0 atom stereocenters. The van der Waals surface area contributed by atoms with Crippen LogP contribution in [0.5, 0.6) is 0 Å².